The number of nitrogens with one attached hydrogen (secondary N) is 1. The molecule has 2 aliphatic heterocycles. The number of carbonyl (C=O) groups excluding carboxylic acids is 2. The highest BCUT2D eigenvalue weighted by Crippen LogP contribution is 2.49. The highest BCUT2D eigenvalue weighted by molar-refractivity contribution is 6.32. The van der Waals surface area contributed by atoms with Gasteiger partial charge in [0.2, 0.25) is 0 Å². The standard InChI is InChI=1S/C29H32F6N2O5.ClH/c1-37(2)25(38)26(39)42-16-23(40-3)21-14-27(18-7-5-4-6-8-18)24(10-9-22(21)36-27)41-15-17-11-19(28(30,31)32)13-20(12-17)29(33,34)35;/h4-8,11-13,21-24,36H,9-10,14-16H2,1-3H3;1H/t21-,22+,23?,24-,27-;/m1./s1. The predicted octanol–water partition coefficient (Wildman–Crippen LogP) is 5.35. The molecule has 0 radical (unpaired) electrons. The Balaban J connectivity index is 0.00000506. The van der Waals surface area contributed by atoms with E-state index in [0.717, 1.165) is 10.5 Å². The van der Waals surface area contributed by atoms with Crippen molar-refractivity contribution in [3.63, 3.8) is 0 Å². The Morgan fingerprint density at radius 1 is 1.00 bits per heavy atom. The fourth-order valence-corrected chi connectivity index (χ4v) is 5.91. The first-order chi connectivity index (χ1) is 19.7. The second kappa shape index (κ2) is 13.4. The third-order valence-electron chi connectivity index (χ3n) is 7.93. The molecule has 14 heteroatoms. The maximum atomic E-state index is 13.4. The molecule has 2 fully saturated rings. The number of fused-ring (bicyclic) bond motifs is 2. The van der Waals surface area contributed by atoms with Gasteiger partial charge < -0.3 is 24.4 Å². The second-order valence-corrected chi connectivity index (χ2v) is 10.8. The number of ether oxygens (including phenoxy) is 3. The molecule has 1 unspecified atom stereocenters. The Kier molecular flexibility index (Phi) is 10.8. The number of esters is 1. The maximum absolute atomic E-state index is 13.4. The van der Waals surface area contributed by atoms with Crippen LogP contribution in [0, 0.1) is 5.92 Å². The van der Waals surface area contributed by atoms with Crippen LogP contribution < -0.4 is 5.32 Å². The Morgan fingerprint density at radius 2 is 1.60 bits per heavy atom. The van der Waals surface area contributed by atoms with Gasteiger partial charge in [0.15, 0.2) is 0 Å². The smallest absolute Gasteiger partial charge is 0.416 e. The van der Waals surface area contributed by atoms with Gasteiger partial charge in [-0.1, -0.05) is 30.3 Å². The number of methoxy groups -OCH3 is 1. The average Bonchev–Trinajstić information content (AvgIpc) is 3.25. The molecule has 4 rings (SSSR count). The van der Waals surface area contributed by atoms with E-state index in [9.17, 15) is 35.9 Å². The molecule has 5 atom stereocenters. The minimum atomic E-state index is -4.96. The zero-order valence-corrected chi connectivity index (χ0v) is 24.4. The van der Waals surface area contributed by atoms with Crippen LogP contribution in [-0.2, 0) is 48.3 Å². The summed E-state index contributed by atoms with van der Waals surface area (Å²) in [6, 6.07) is 10.5. The number of nitrogens with zero attached hydrogens (tertiary/aromatic N) is 1. The average molecular weight is 639 g/mol. The van der Waals surface area contributed by atoms with Crippen LogP contribution in [0.4, 0.5) is 26.3 Å². The SMILES string of the molecule is COC(COC(=O)C(=O)N(C)C)[C@@H]1C[C@]2(c3ccccc3)N[C@H]1CC[C@H]2OCc1cc(C(F)(F)F)cc(C(F)(F)F)c1.Cl. The highest BCUT2D eigenvalue weighted by Gasteiger charge is 2.56. The molecule has 0 aliphatic carbocycles. The Morgan fingerprint density at radius 3 is 2.14 bits per heavy atom. The number of rotatable bonds is 8. The summed E-state index contributed by atoms with van der Waals surface area (Å²) in [5.41, 5.74) is -3.06. The number of carbonyl (C=O) groups is 2. The van der Waals surface area contributed by atoms with E-state index in [1.54, 1.807) is 0 Å². The summed E-state index contributed by atoms with van der Waals surface area (Å²) in [5.74, 6) is -2.05. The van der Waals surface area contributed by atoms with E-state index in [0.29, 0.717) is 31.4 Å². The lowest BCUT2D eigenvalue weighted by Crippen LogP contribution is -2.54. The van der Waals surface area contributed by atoms with E-state index in [2.05, 4.69) is 5.32 Å². The van der Waals surface area contributed by atoms with Crippen molar-refractivity contribution in [1.29, 1.82) is 0 Å². The Labute approximate surface area is 251 Å². The number of hydrogen-bond donors (Lipinski definition) is 1. The highest BCUT2D eigenvalue weighted by atomic mass is 35.5. The molecule has 1 N–H and O–H groups in total. The van der Waals surface area contributed by atoms with Gasteiger partial charge in [-0.05, 0) is 48.6 Å². The molecule has 2 aliphatic rings. The zero-order chi connectivity index (χ0) is 30.9. The van der Waals surface area contributed by atoms with Gasteiger partial charge in [0.1, 0.15) is 6.61 Å². The number of likely N-dealkylation sites (N-methyl/N-ethyl adjacent to an activating group) is 1. The summed E-state index contributed by atoms with van der Waals surface area (Å²) in [4.78, 5) is 25.2. The number of hydrogen-bond acceptors (Lipinski definition) is 6. The third-order valence-corrected chi connectivity index (χ3v) is 7.93. The molecule has 43 heavy (non-hydrogen) atoms. The number of benzene rings is 2. The first-order valence-corrected chi connectivity index (χ1v) is 13.3. The van der Waals surface area contributed by atoms with Crippen LogP contribution in [0.15, 0.2) is 48.5 Å². The molecule has 2 saturated heterocycles. The lowest BCUT2D eigenvalue weighted by molar-refractivity contribution is -0.162. The summed E-state index contributed by atoms with van der Waals surface area (Å²) < 4.78 is 97.4. The van der Waals surface area contributed by atoms with E-state index < -0.39 is 59.7 Å². The molecule has 2 aromatic rings. The van der Waals surface area contributed by atoms with Crippen molar-refractivity contribution < 1.29 is 50.1 Å². The second-order valence-electron chi connectivity index (χ2n) is 10.8. The first kappa shape index (κ1) is 34.6. The number of piperidine rings is 1. The van der Waals surface area contributed by atoms with E-state index in [1.807, 2.05) is 30.3 Å². The number of amides is 1. The number of alkyl halides is 6. The fourth-order valence-electron chi connectivity index (χ4n) is 5.91. The molecular weight excluding hydrogens is 606 g/mol. The van der Waals surface area contributed by atoms with Crippen molar-refractivity contribution in [3.8, 4) is 0 Å². The van der Waals surface area contributed by atoms with E-state index in [4.69, 9.17) is 14.2 Å². The molecule has 0 aromatic heterocycles. The van der Waals surface area contributed by atoms with Crippen molar-refractivity contribution in [3.05, 3.63) is 70.8 Å². The van der Waals surface area contributed by atoms with E-state index >= 15 is 0 Å². The molecule has 0 saturated carbocycles. The van der Waals surface area contributed by atoms with Crippen LogP contribution in [0.2, 0.25) is 0 Å². The van der Waals surface area contributed by atoms with Crippen molar-refractivity contribution in [2.45, 2.75) is 62.0 Å². The van der Waals surface area contributed by atoms with Gasteiger partial charge in [-0.2, -0.15) is 26.3 Å². The van der Waals surface area contributed by atoms with Gasteiger partial charge in [0, 0.05) is 33.2 Å². The minimum absolute atomic E-state index is 0. The van der Waals surface area contributed by atoms with Crippen molar-refractivity contribution >= 4 is 24.3 Å². The minimum Gasteiger partial charge on any atom is -0.456 e. The quantitative estimate of drug-likeness (QED) is 0.239. The summed E-state index contributed by atoms with van der Waals surface area (Å²) in [6.45, 7) is -0.653. The summed E-state index contributed by atoms with van der Waals surface area (Å²) in [7, 11) is 4.31. The molecule has 238 valence electrons. The number of halogens is 7. The normalized spacial score (nSPS) is 24.2. The molecule has 1 amide bonds. The van der Waals surface area contributed by atoms with E-state index in [1.165, 1.54) is 21.2 Å². The monoisotopic (exact) mass is 638 g/mol. The lowest BCUT2D eigenvalue weighted by Gasteiger charge is -2.42. The van der Waals surface area contributed by atoms with Gasteiger partial charge in [-0.25, -0.2) is 4.79 Å². The van der Waals surface area contributed by atoms with Gasteiger partial charge >= 0.3 is 24.2 Å². The van der Waals surface area contributed by atoms with Crippen LogP contribution in [0.1, 0.15) is 41.5 Å². The fraction of sp³-hybridized carbons (Fsp3) is 0.517. The predicted molar refractivity (Wildman–Crippen MR) is 145 cm³/mol. The van der Waals surface area contributed by atoms with Crippen molar-refractivity contribution in [2.75, 3.05) is 27.8 Å². The largest absolute Gasteiger partial charge is 0.456 e. The zero-order valence-electron chi connectivity index (χ0n) is 23.6. The molecule has 7 nitrogen and oxygen atoms in total. The summed E-state index contributed by atoms with van der Waals surface area (Å²) >= 11 is 0. The van der Waals surface area contributed by atoms with Crippen LogP contribution >= 0.6 is 12.4 Å². The van der Waals surface area contributed by atoms with E-state index in [-0.39, 0.29) is 42.6 Å². The van der Waals surface area contributed by atoms with Gasteiger partial charge in [-0.15, -0.1) is 12.4 Å². The summed E-state index contributed by atoms with van der Waals surface area (Å²) in [5, 5.41) is 3.59. The summed E-state index contributed by atoms with van der Waals surface area (Å²) in [6.07, 6.45) is -9.69. The maximum Gasteiger partial charge on any atom is 0.416 e. The molecular formula is C29H33ClF6N2O5. The lowest BCUT2D eigenvalue weighted by atomic mass is 9.79. The van der Waals surface area contributed by atoms with Crippen molar-refractivity contribution in [2.24, 2.45) is 5.92 Å². The first-order valence-electron chi connectivity index (χ1n) is 13.3. The molecule has 2 aromatic carbocycles. The van der Waals surface area contributed by atoms with Gasteiger partial charge in [0.25, 0.3) is 0 Å². The van der Waals surface area contributed by atoms with Crippen molar-refractivity contribution in [1.82, 2.24) is 10.2 Å². The van der Waals surface area contributed by atoms with Crippen LogP contribution in [0.25, 0.3) is 0 Å². The Bertz CT molecular complexity index is 1240. The molecule has 0 spiro atoms. The Hall–Kier alpha value is -2.87. The van der Waals surface area contributed by atoms with Crippen LogP contribution in [0.5, 0.6) is 0 Å². The van der Waals surface area contributed by atoms with Crippen LogP contribution in [0.3, 0.4) is 0 Å². The van der Waals surface area contributed by atoms with Crippen LogP contribution in [-0.4, -0.2) is 62.8 Å². The topological polar surface area (TPSA) is 77.1 Å². The molecule has 2 bridgehead atoms. The molecule has 2 heterocycles. The van der Waals surface area contributed by atoms with Gasteiger partial charge in [0.05, 0.1) is 35.5 Å². The third kappa shape index (κ3) is 7.62. The van der Waals surface area contributed by atoms with Gasteiger partial charge in [-0.3, -0.25) is 4.79 Å².